The third-order valence-corrected chi connectivity index (χ3v) is 4.52. The van der Waals surface area contributed by atoms with Gasteiger partial charge in [-0.15, -0.1) is 0 Å². The van der Waals surface area contributed by atoms with Gasteiger partial charge in [-0.25, -0.2) is 8.42 Å². The van der Waals surface area contributed by atoms with Gasteiger partial charge in [0.1, 0.15) is 0 Å². The van der Waals surface area contributed by atoms with Crippen molar-refractivity contribution in [2.75, 3.05) is 19.3 Å². The Morgan fingerprint density at radius 1 is 1.20 bits per heavy atom. The van der Waals surface area contributed by atoms with Crippen molar-refractivity contribution in [3.8, 4) is 0 Å². The number of nitrogens with two attached hydrogens (primary N) is 1. The molecule has 1 aromatic rings. The van der Waals surface area contributed by atoms with Crippen LogP contribution in [0.15, 0.2) is 29.2 Å². The van der Waals surface area contributed by atoms with Crippen molar-refractivity contribution in [1.82, 2.24) is 5.32 Å². The zero-order valence-corrected chi connectivity index (χ0v) is 13.2. The normalized spacial score (nSPS) is 13.3. The van der Waals surface area contributed by atoms with E-state index in [1.807, 2.05) is 12.1 Å². The first-order valence-corrected chi connectivity index (χ1v) is 9.02. The fourth-order valence-corrected chi connectivity index (χ4v) is 2.72. The van der Waals surface area contributed by atoms with Crippen LogP contribution in [0.5, 0.6) is 0 Å². The fourth-order valence-electron chi connectivity index (χ4n) is 2.09. The van der Waals surface area contributed by atoms with Gasteiger partial charge in [0.2, 0.25) is 0 Å². The van der Waals surface area contributed by atoms with Gasteiger partial charge in [-0.3, -0.25) is 0 Å². The summed E-state index contributed by atoms with van der Waals surface area (Å²) in [7, 11) is -3.09. The Balaban J connectivity index is 2.26. The molecule has 0 bridgehead atoms. The summed E-state index contributed by atoms with van der Waals surface area (Å²) in [6.07, 6.45) is 4.65. The van der Waals surface area contributed by atoms with Crippen molar-refractivity contribution in [2.45, 2.75) is 37.6 Å². The summed E-state index contributed by atoms with van der Waals surface area (Å²) in [5, 5.41) is 3.38. The number of benzene rings is 1. The number of rotatable bonds is 9. The van der Waals surface area contributed by atoms with E-state index in [1.54, 1.807) is 12.1 Å². The summed E-state index contributed by atoms with van der Waals surface area (Å²) in [4.78, 5) is 0.372. The van der Waals surface area contributed by atoms with E-state index in [4.69, 9.17) is 5.73 Å². The molecule has 1 aromatic carbocycles. The second kappa shape index (κ2) is 8.39. The highest BCUT2D eigenvalue weighted by Gasteiger charge is 2.05. The molecule has 0 aromatic heterocycles. The molecule has 0 heterocycles. The average molecular weight is 298 g/mol. The Labute approximate surface area is 122 Å². The molecule has 0 aliphatic heterocycles. The molecule has 1 unspecified atom stereocenters. The molecule has 0 saturated heterocycles. The maximum atomic E-state index is 11.3. The largest absolute Gasteiger partial charge is 0.330 e. The van der Waals surface area contributed by atoms with Gasteiger partial charge in [-0.2, -0.15) is 0 Å². The quantitative estimate of drug-likeness (QED) is 0.683. The Kier molecular flexibility index (Phi) is 7.19. The fraction of sp³-hybridized carbons (Fsp3) is 0.600. The Morgan fingerprint density at radius 3 is 2.40 bits per heavy atom. The van der Waals surface area contributed by atoms with E-state index in [-0.39, 0.29) is 0 Å². The minimum absolute atomic E-state index is 0.372. The van der Waals surface area contributed by atoms with Crippen molar-refractivity contribution in [3.05, 3.63) is 29.8 Å². The molecule has 114 valence electrons. The lowest BCUT2D eigenvalue weighted by atomic mass is 10.0. The van der Waals surface area contributed by atoms with E-state index in [0.29, 0.717) is 10.8 Å². The smallest absolute Gasteiger partial charge is 0.175 e. The third kappa shape index (κ3) is 6.50. The molecule has 0 aliphatic rings. The van der Waals surface area contributed by atoms with Crippen molar-refractivity contribution in [3.63, 3.8) is 0 Å². The molecule has 3 N–H and O–H groups in total. The standard InChI is InChI=1S/C15H26N2O2S/c1-13(9-10-16)4-3-11-17-12-14-5-7-15(8-6-14)20(2,18)19/h5-8,13,17H,3-4,9-12,16H2,1-2H3. The van der Waals surface area contributed by atoms with Crippen LogP contribution in [-0.2, 0) is 16.4 Å². The van der Waals surface area contributed by atoms with Crippen LogP contribution in [0.1, 0.15) is 31.7 Å². The highest BCUT2D eigenvalue weighted by atomic mass is 32.2. The van der Waals surface area contributed by atoms with E-state index in [2.05, 4.69) is 12.2 Å². The molecule has 20 heavy (non-hydrogen) atoms. The Hall–Kier alpha value is -0.910. The van der Waals surface area contributed by atoms with Gasteiger partial charge in [0, 0.05) is 12.8 Å². The molecule has 1 rings (SSSR count). The van der Waals surface area contributed by atoms with Crippen molar-refractivity contribution >= 4 is 9.84 Å². The zero-order valence-electron chi connectivity index (χ0n) is 12.4. The van der Waals surface area contributed by atoms with Gasteiger partial charge < -0.3 is 11.1 Å². The first-order chi connectivity index (χ1) is 9.43. The maximum absolute atomic E-state index is 11.3. The molecule has 0 fully saturated rings. The monoisotopic (exact) mass is 298 g/mol. The molecule has 0 aliphatic carbocycles. The lowest BCUT2D eigenvalue weighted by Crippen LogP contribution is -2.16. The number of hydrogen-bond acceptors (Lipinski definition) is 4. The lowest BCUT2D eigenvalue weighted by molar-refractivity contribution is 0.469. The Morgan fingerprint density at radius 2 is 1.85 bits per heavy atom. The molecule has 0 amide bonds. The predicted molar refractivity (Wildman–Crippen MR) is 83.3 cm³/mol. The highest BCUT2D eigenvalue weighted by molar-refractivity contribution is 7.90. The number of nitrogens with one attached hydrogen (secondary N) is 1. The summed E-state index contributed by atoms with van der Waals surface area (Å²) in [5.74, 6) is 0.691. The molecule has 1 atom stereocenters. The van der Waals surface area contributed by atoms with Crippen LogP contribution in [0.25, 0.3) is 0 Å². The van der Waals surface area contributed by atoms with Crippen LogP contribution in [-0.4, -0.2) is 27.8 Å². The van der Waals surface area contributed by atoms with E-state index in [0.717, 1.165) is 38.0 Å². The van der Waals surface area contributed by atoms with Gasteiger partial charge in [0.15, 0.2) is 9.84 Å². The van der Waals surface area contributed by atoms with Crippen LogP contribution < -0.4 is 11.1 Å². The third-order valence-electron chi connectivity index (χ3n) is 3.39. The number of sulfone groups is 1. The minimum Gasteiger partial charge on any atom is -0.330 e. The van der Waals surface area contributed by atoms with Crippen LogP contribution in [0.4, 0.5) is 0 Å². The second-order valence-corrected chi connectivity index (χ2v) is 7.43. The van der Waals surface area contributed by atoms with Crippen LogP contribution in [0.2, 0.25) is 0 Å². The first kappa shape index (κ1) is 17.1. The summed E-state index contributed by atoms with van der Waals surface area (Å²) < 4.78 is 22.7. The van der Waals surface area contributed by atoms with E-state index in [9.17, 15) is 8.42 Å². The Bertz CT molecular complexity index is 483. The predicted octanol–water partition coefficient (Wildman–Crippen LogP) is 1.94. The first-order valence-electron chi connectivity index (χ1n) is 7.13. The average Bonchev–Trinajstić information content (AvgIpc) is 2.38. The van der Waals surface area contributed by atoms with Crippen LogP contribution in [0.3, 0.4) is 0 Å². The SMILES string of the molecule is CC(CCN)CCCNCc1ccc(S(C)(=O)=O)cc1. The van der Waals surface area contributed by atoms with Crippen molar-refractivity contribution < 1.29 is 8.42 Å². The van der Waals surface area contributed by atoms with Gasteiger partial charge >= 0.3 is 0 Å². The zero-order chi connectivity index (χ0) is 15.0. The van der Waals surface area contributed by atoms with Crippen LogP contribution >= 0.6 is 0 Å². The van der Waals surface area contributed by atoms with Crippen LogP contribution in [0, 0.1) is 5.92 Å². The topological polar surface area (TPSA) is 72.2 Å². The molecule has 0 radical (unpaired) electrons. The summed E-state index contributed by atoms with van der Waals surface area (Å²) in [6, 6.07) is 7.05. The maximum Gasteiger partial charge on any atom is 0.175 e. The summed E-state index contributed by atoms with van der Waals surface area (Å²) in [5.41, 5.74) is 6.62. The number of hydrogen-bond donors (Lipinski definition) is 2. The molecule has 5 heteroatoms. The molecule has 0 spiro atoms. The second-order valence-electron chi connectivity index (χ2n) is 5.42. The van der Waals surface area contributed by atoms with Gasteiger partial charge in [0.05, 0.1) is 4.90 Å². The van der Waals surface area contributed by atoms with Crippen molar-refractivity contribution in [2.24, 2.45) is 11.7 Å². The van der Waals surface area contributed by atoms with E-state index in [1.165, 1.54) is 12.7 Å². The van der Waals surface area contributed by atoms with Gasteiger partial charge in [-0.1, -0.05) is 19.1 Å². The molecular formula is C15H26N2O2S. The molecular weight excluding hydrogens is 272 g/mol. The minimum atomic E-state index is -3.09. The van der Waals surface area contributed by atoms with E-state index < -0.39 is 9.84 Å². The summed E-state index contributed by atoms with van der Waals surface area (Å²) in [6.45, 7) is 4.75. The van der Waals surface area contributed by atoms with E-state index >= 15 is 0 Å². The molecule has 0 saturated carbocycles. The summed E-state index contributed by atoms with van der Waals surface area (Å²) >= 11 is 0. The van der Waals surface area contributed by atoms with Gasteiger partial charge in [0.25, 0.3) is 0 Å². The lowest BCUT2D eigenvalue weighted by Gasteiger charge is -2.10. The molecule has 4 nitrogen and oxygen atoms in total. The highest BCUT2D eigenvalue weighted by Crippen LogP contribution is 2.11. The van der Waals surface area contributed by atoms with Gasteiger partial charge in [-0.05, 0) is 56.0 Å². The van der Waals surface area contributed by atoms with Crippen molar-refractivity contribution in [1.29, 1.82) is 0 Å².